The highest BCUT2D eigenvalue weighted by atomic mass is 16.5. The van der Waals surface area contributed by atoms with Crippen LogP contribution in [-0.4, -0.2) is 77.6 Å². The van der Waals surface area contributed by atoms with Crippen LogP contribution in [0.1, 0.15) is 88.0 Å². The second-order valence-corrected chi connectivity index (χ2v) is 15.3. The molecular weight excluding hydrogens is 753 g/mol. The minimum absolute atomic E-state index is 0.0409. The number of carbonyl (C=O) groups is 6. The molecule has 14 heteroatoms. The van der Waals surface area contributed by atoms with Crippen molar-refractivity contribution in [3.63, 3.8) is 0 Å². The van der Waals surface area contributed by atoms with Gasteiger partial charge >= 0.3 is 11.9 Å². The minimum Gasteiger partial charge on any atom is -0.467 e. The molecule has 0 unspecified atom stereocenters. The highest BCUT2D eigenvalue weighted by Gasteiger charge is 2.28. The summed E-state index contributed by atoms with van der Waals surface area (Å²) < 4.78 is 9.83. The van der Waals surface area contributed by atoms with Crippen LogP contribution < -0.4 is 26.6 Å². The molecule has 4 heterocycles. The first kappa shape index (κ1) is 45.4. The molecule has 2 aromatic heterocycles. The summed E-state index contributed by atoms with van der Waals surface area (Å²) in [6.45, 7) is 22.3. The number of esters is 2. The fourth-order valence-electron chi connectivity index (χ4n) is 7.10. The Morgan fingerprint density at radius 2 is 1.24 bits per heavy atom. The first-order chi connectivity index (χ1) is 27.9. The molecule has 0 saturated heterocycles. The molecule has 2 aromatic rings. The second kappa shape index (κ2) is 19.4. The molecule has 0 aromatic carbocycles. The van der Waals surface area contributed by atoms with E-state index < -0.39 is 24.0 Å². The molecule has 59 heavy (non-hydrogen) atoms. The summed E-state index contributed by atoms with van der Waals surface area (Å²) in [5.74, 6) is -2.75. The lowest BCUT2D eigenvalue weighted by Gasteiger charge is -2.19. The SMILES string of the molecule is C=CC1=C(C)C(/C=c2\[nH]/c(=C/c3[nH]c(/C=C4\NC(=O)C(C)=C4C=C)c(C)c3CCC(=O)N[C@H](C(=O)OC)C(C)C)c(CCC(=O)N[C@H](C(=O)OC)C(C)C)c2C)=NC1=O. The van der Waals surface area contributed by atoms with Crippen LogP contribution in [0.15, 0.2) is 58.3 Å². The molecule has 4 amide bonds. The van der Waals surface area contributed by atoms with Crippen LogP contribution in [0.3, 0.4) is 0 Å². The molecule has 2 atom stereocenters. The van der Waals surface area contributed by atoms with Crippen molar-refractivity contribution in [1.29, 1.82) is 0 Å². The first-order valence-corrected chi connectivity index (χ1v) is 19.6. The number of hydrogen-bond acceptors (Lipinski definition) is 8. The quantitative estimate of drug-likeness (QED) is 0.150. The number of carbonyl (C=O) groups excluding carboxylic acids is 6. The molecular formula is C45H56N6O8. The number of amides is 4. The Morgan fingerprint density at radius 1 is 0.695 bits per heavy atom. The summed E-state index contributed by atoms with van der Waals surface area (Å²) in [6, 6.07) is -1.63. The topological polar surface area (TPSA) is 201 Å². The van der Waals surface area contributed by atoms with Crippen molar-refractivity contribution in [3.8, 4) is 0 Å². The molecule has 2 aliphatic heterocycles. The van der Waals surface area contributed by atoms with E-state index in [1.165, 1.54) is 20.3 Å². The second-order valence-electron chi connectivity index (χ2n) is 15.3. The number of rotatable bonds is 17. The third kappa shape index (κ3) is 10.2. The zero-order valence-corrected chi connectivity index (χ0v) is 35.7. The van der Waals surface area contributed by atoms with Crippen LogP contribution in [-0.2, 0) is 51.1 Å². The third-order valence-electron chi connectivity index (χ3n) is 10.8. The maximum atomic E-state index is 13.3. The van der Waals surface area contributed by atoms with E-state index in [2.05, 4.69) is 44.1 Å². The van der Waals surface area contributed by atoms with Gasteiger partial charge in [-0.15, -0.1) is 0 Å². The van der Waals surface area contributed by atoms with Crippen molar-refractivity contribution in [2.24, 2.45) is 16.8 Å². The van der Waals surface area contributed by atoms with Gasteiger partial charge in [-0.2, -0.15) is 0 Å². The molecule has 314 valence electrons. The number of nitrogens with zero attached hydrogens (tertiary/aromatic N) is 1. The van der Waals surface area contributed by atoms with Crippen molar-refractivity contribution in [1.82, 2.24) is 25.9 Å². The van der Waals surface area contributed by atoms with E-state index in [4.69, 9.17) is 9.47 Å². The standard InChI is InChI=1S/C45H56N6O8/c1-13-28-27(10)42(54)49-35(28)20-33-26(9)31(16-18-39(53)51-41(23(5)6)45(57)59-12)37(47-33)21-36-30(15-17-38(52)50-40(22(3)4)44(56)58-11)25(8)32(46-36)19-34-24(7)29(14-2)43(55)48-34/h13-14,19-23,40-41,46-47H,1-2,15-18H2,3-12H3,(H,49,54)(H,50,52)(H,51,53)/b32-19-,35-20-,36-21+/t40-,41-/m0/s1. The summed E-state index contributed by atoms with van der Waals surface area (Å²) >= 11 is 0. The van der Waals surface area contributed by atoms with E-state index in [0.717, 1.165) is 22.3 Å². The van der Waals surface area contributed by atoms with Gasteiger partial charge in [0.05, 0.1) is 25.6 Å². The van der Waals surface area contributed by atoms with Crippen molar-refractivity contribution in [2.45, 2.75) is 93.2 Å². The van der Waals surface area contributed by atoms with Gasteiger partial charge in [0.15, 0.2) is 0 Å². The molecule has 0 spiro atoms. The van der Waals surface area contributed by atoms with E-state index in [1.807, 2.05) is 53.7 Å². The van der Waals surface area contributed by atoms with Crippen molar-refractivity contribution in [2.75, 3.05) is 14.2 Å². The zero-order valence-electron chi connectivity index (χ0n) is 35.7. The molecule has 2 aliphatic rings. The van der Waals surface area contributed by atoms with E-state index in [1.54, 1.807) is 26.0 Å². The monoisotopic (exact) mass is 808 g/mol. The Labute approximate surface area is 344 Å². The predicted molar refractivity (Wildman–Crippen MR) is 227 cm³/mol. The van der Waals surface area contributed by atoms with E-state index in [-0.39, 0.29) is 61.1 Å². The number of allylic oxidation sites excluding steroid dienone is 2. The van der Waals surface area contributed by atoms with Gasteiger partial charge < -0.3 is 35.4 Å². The summed E-state index contributed by atoms with van der Waals surface area (Å²) in [5, 5.41) is 9.83. The first-order valence-electron chi connectivity index (χ1n) is 19.6. The van der Waals surface area contributed by atoms with Gasteiger partial charge in [0.1, 0.15) is 12.1 Å². The lowest BCUT2D eigenvalue weighted by molar-refractivity contribution is -0.146. The number of aromatic amines is 2. The molecule has 0 saturated carbocycles. The normalized spacial score (nSPS) is 16.5. The van der Waals surface area contributed by atoms with Gasteiger partial charge in [-0.1, -0.05) is 53.0 Å². The maximum Gasteiger partial charge on any atom is 0.328 e. The number of aliphatic imine (C=N–C) groups is 1. The Balaban J connectivity index is 1.88. The van der Waals surface area contributed by atoms with Crippen LogP contribution in [0.5, 0.6) is 0 Å². The van der Waals surface area contributed by atoms with Crippen LogP contribution >= 0.6 is 0 Å². The van der Waals surface area contributed by atoms with Gasteiger partial charge in [0.2, 0.25) is 11.8 Å². The van der Waals surface area contributed by atoms with Crippen LogP contribution in [0, 0.1) is 25.7 Å². The van der Waals surface area contributed by atoms with Crippen LogP contribution in [0.4, 0.5) is 0 Å². The molecule has 5 N–H and O–H groups in total. The number of methoxy groups -OCH3 is 2. The lowest BCUT2D eigenvalue weighted by atomic mass is 10.0. The lowest BCUT2D eigenvalue weighted by Crippen LogP contribution is -2.45. The van der Waals surface area contributed by atoms with Crippen molar-refractivity contribution in [3.05, 3.63) is 97.6 Å². The molecule has 4 rings (SSSR count). The Morgan fingerprint density at radius 3 is 1.73 bits per heavy atom. The van der Waals surface area contributed by atoms with Crippen molar-refractivity contribution < 1.29 is 38.2 Å². The zero-order chi connectivity index (χ0) is 43.9. The van der Waals surface area contributed by atoms with E-state index >= 15 is 0 Å². The minimum atomic E-state index is -0.816. The summed E-state index contributed by atoms with van der Waals surface area (Å²) in [5.41, 5.74) is 7.92. The average Bonchev–Trinajstić information content (AvgIpc) is 3.84. The summed E-state index contributed by atoms with van der Waals surface area (Å²) in [7, 11) is 2.56. The van der Waals surface area contributed by atoms with Crippen LogP contribution in [0.25, 0.3) is 18.2 Å². The number of aromatic nitrogens is 2. The van der Waals surface area contributed by atoms with Gasteiger partial charge in [0.25, 0.3) is 11.8 Å². The Hall–Kier alpha value is -6.31. The van der Waals surface area contributed by atoms with Gasteiger partial charge in [0, 0.05) is 51.6 Å². The molecule has 0 radical (unpaired) electrons. The highest BCUT2D eigenvalue weighted by molar-refractivity contribution is 6.31. The van der Waals surface area contributed by atoms with E-state index in [9.17, 15) is 28.8 Å². The predicted octanol–water partition coefficient (Wildman–Crippen LogP) is 3.52. The van der Waals surface area contributed by atoms with E-state index in [0.29, 0.717) is 55.8 Å². The molecule has 14 nitrogen and oxygen atoms in total. The largest absolute Gasteiger partial charge is 0.467 e. The van der Waals surface area contributed by atoms with Crippen molar-refractivity contribution >= 4 is 59.5 Å². The average molecular weight is 809 g/mol. The third-order valence-corrected chi connectivity index (χ3v) is 10.8. The van der Waals surface area contributed by atoms with Crippen LogP contribution in [0.2, 0.25) is 0 Å². The van der Waals surface area contributed by atoms with Gasteiger partial charge in [-0.05, 0) is 98.4 Å². The fourth-order valence-corrected chi connectivity index (χ4v) is 7.10. The number of ether oxygens (including phenoxy) is 2. The molecule has 0 aliphatic carbocycles. The molecule has 0 bridgehead atoms. The molecule has 0 fully saturated rings. The highest BCUT2D eigenvalue weighted by Crippen LogP contribution is 2.28. The smallest absolute Gasteiger partial charge is 0.328 e. The Kier molecular flexibility index (Phi) is 14.9. The number of nitrogens with one attached hydrogen (secondary N) is 5. The summed E-state index contributed by atoms with van der Waals surface area (Å²) in [6.07, 6.45) is 9.25. The van der Waals surface area contributed by atoms with Gasteiger partial charge in [-0.3, -0.25) is 19.2 Å². The van der Waals surface area contributed by atoms with Gasteiger partial charge in [-0.25, -0.2) is 14.6 Å². The number of hydrogen-bond donors (Lipinski definition) is 5. The number of H-pyrrole nitrogens is 2. The maximum absolute atomic E-state index is 13.3. The fraction of sp³-hybridized carbons (Fsp3) is 0.400. The Bertz CT molecular complexity index is 2350. The summed E-state index contributed by atoms with van der Waals surface area (Å²) in [4.78, 5) is 87.9.